The third kappa shape index (κ3) is 9.39. The van der Waals surface area contributed by atoms with Crippen LogP contribution in [0.15, 0.2) is 103 Å². The van der Waals surface area contributed by atoms with Crippen molar-refractivity contribution in [3.63, 3.8) is 0 Å². The van der Waals surface area contributed by atoms with Gasteiger partial charge >= 0.3 is 37.9 Å². The fraction of sp³-hybridized carbons (Fsp3) is 0.231. The predicted octanol–water partition coefficient (Wildman–Crippen LogP) is 13.0. The molecule has 0 saturated heterocycles. The van der Waals surface area contributed by atoms with Gasteiger partial charge in [-0.15, -0.1) is 68.6 Å². The van der Waals surface area contributed by atoms with Crippen molar-refractivity contribution in [1.82, 2.24) is 0 Å². The van der Waals surface area contributed by atoms with Crippen LogP contribution in [0.2, 0.25) is 13.1 Å². The quantitative estimate of drug-likeness (QED) is 0.127. The van der Waals surface area contributed by atoms with Crippen LogP contribution in [0.25, 0.3) is 43.8 Å². The van der Waals surface area contributed by atoms with E-state index in [0.717, 1.165) is 9.52 Å². The Morgan fingerprint density at radius 1 is 0.628 bits per heavy atom. The van der Waals surface area contributed by atoms with E-state index >= 15 is 0 Å². The van der Waals surface area contributed by atoms with Gasteiger partial charge in [0.05, 0.1) is 0 Å². The van der Waals surface area contributed by atoms with Crippen LogP contribution in [0, 0.1) is 27.7 Å². The van der Waals surface area contributed by atoms with Crippen LogP contribution < -0.4 is 0 Å². The summed E-state index contributed by atoms with van der Waals surface area (Å²) in [6, 6.07) is 37.6. The maximum atomic E-state index is 4.93. The first-order valence-electron chi connectivity index (χ1n) is 14.7. The number of hydrogen-bond donors (Lipinski definition) is 0. The fourth-order valence-corrected chi connectivity index (χ4v) is 5.21. The molecule has 0 nitrogen and oxygen atoms in total. The first kappa shape index (κ1) is 35.3. The van der Waals surface area contributed by atoms with Crippen molar-refractivity contribution < 1.29 is 20.8 Å². The van der Waals surface area contributed by atoms with Gasteiger partial charge in [0.25, 0.3) is 0 Å². The number of hydrogen-bond acceptors (Lipinski definition) is 0. The fourth-order valence-electron chi connectivity index (χ4n) is 5.21. The van der Waals surface area contributed by atoms with Crippen LogP contribution in [0.5, 0.6) is 0 Å². The van der Waals surface area contributed by atoms with Gasteiger partial charge in [-0.1, -0.05) is 113 Å². The number of aryl methyl sites for hydroxylation is 4. The molecule has 220 valence electrons. The summed E-state index contributed by atoms with van der Waals surface area (Å²) in [6.07, 6.45) is 0. The summed E-state index contributed by atoms with van der Waals surface area (Å²) in [6.45, 7) is 17.5. The van der Waals surface area contributed by atoms with Crippen molar-refractivity contribution in [1.29, 1.82) is 0 Å². The Morgan fingerprint density at radius 2 is 1.26 bits per heavy atom. The molecule has 0 saturated carbocycles. The van der Waals surface area contributed by atoms with E-state index in [2.05, 4.69) is 158 Å². The number of benzene rings is 4. The molecule has 2 radical (unpaired) electrons. The Hall–Kier alpha value is -2.22. The Balaban J connectivity index is 0.000000201. The van der Waals surface area contributed by atoms with Crippen molar-refractivity contribution in [2.45, 2.75) is 60.6 Å². The van der Waals surface area contributed by atoms with Crippen LogP contribution in [0.4, 0.5) is 0 Å². The zero-order valence-corrected chi connectivity index (χ0v) is 31.6. The minimum atomic E-state index is -0.826. The van der Waals surface area contributed by atoms with E-state index < -0.39 is 20.8 Å². The standard InChI is InChI=1S/C20H21.C17H15.C2H6Si.2ClH.Zr/c1-13(2)18-11-16-6-5-7-19(20(16)12-18)17-9-8-14(3)15(4)10-17;1-12-10-16-13(2)8-9-15(17(16)11-12)14-6-4-3-5-7-14;1-3-2;;;/h5-13H,1-4H3;3-11H,1-2H3;1-2H3;2*1H;/q2*-1;;;;+4/p-2. The minimum absolute atomic E-state index is 0.579. The van der Waals surface area contributed by atoms with E-state index in [0.29, 0.717) is 5.92 Å². The molecule has 0 amide bonds. The van der Waals surface area contributed by atoms with Gasteiger partial charge in [-0.25, -0.2) is 0 Å². The van der Waals surface area contributed by atoms with E-state index in [1.165, 1.54) is 71.6 Å². The van der Waals surface area contributed by atoms with E-state index in [4.69, 9.17) is 17.0 Å². The number of rotatable bonds is 3. The Kier molecular flexibility index (Phi) is 14.2. The molecule has 43 heavy (non-hydrogen) atoms. The SMILES string of the molecule is C[Si]C.Cc1cc2c(-c3ccccc3)ccc(C)c2[cH-]1.Cc1ccc(-c2cccc3[cH-]c(C(C)C)cc23)cc1C.[Cl][Zr+2][Cl]. The van der Waals surface area contributed by atoms with Crippen LogP contribution in [0.3, 0.4) is 0 Å². The van der Waals surface area contributed by atoms with Gasteiger partial charge in [0, 0.05) is 9.52 Å². The second kappa shape index (κ2) is 17.3. The van der Waals surface area contributed by atoms with Crippen molar-refractivity contribution in [2.75, 3.05) is 0 Å². The predicted molar refractivity (Wildman–Crippen MR) is 192 cm³/mol. The van der Waals surface area contributed by atoms with Gasteiger partial charge in [0.2, 0.25) is 0 Å². The second-order valence-electron chi connectivity index (χ2n) is 11.3. The first-order valence-corrected chi connectivity index (χ1v) is 23.0. The summed E-state index contributed by atoms with van der Waals surface area (Å²) in [5.41, 5.74) is 12.1. The molecule has 0 heterocycles. The molecule has 0 N–H and O–H groups in total. The molecule has 0 aliphatic rings. The van der Waals surface area contributed by atoms with Gasteiger partial charge in [-0.05, 0) is 42.0 Å². The molecule has 0 atom stereocenters. The molecule has 6 aromatic rings. The molecular formula is C39H42Cl2SiZr. The Morgan fingerprint density at radius 3 is 1.88 bits per heavy atom. The molecule has 0 aliphatic carbocycles. The third-order valence-corrected chi connectivity index (χ3v) is 7.59. The zero-order valence-electron chi connectivity index (χ0n) is 26.6. The molecular weight excluding hydrogens is 659 g/mol. The molecule has 6 aromatic carbocycles. The third-order valence-electron chi connectivity index (χ3n) is 7.59. The molecule has 0 aromatic heterocycles. The summed E-state index contributed by atoms with van der Waals surface area (Å²) >= 11 is -0.826. The summed E-state index contributed by atoms with van der Waals surface area (Å²) in [5.74, 6) is 0.579. The summed E-state index contributed by atoms with van der Waals surface area (Å²) in [4.78, 5) is 0. The van der Waals surface area contributed by atoms with E-state index in [9.17, 15) is 0 Å². The molecule has 0 spiro atoms. The van der Waals surface area contributed by atoms with Gasteiger partial charge in [0.1, 0.15) is 0 Å². The molecule has 0 fully saturated rings. The van der Waals surface area contributed by atoms with E-state index in [-0.39, 0.29) is 0 Å². The molecule has 0 unspecified atom stereocenters. The summed E-state index contributed by atoms with van der Waals surface area (Å²) in [5, 5.41) is 5.47. The van der Waals surface area contributed by atoms with Gasteiger partial charge in [0.15, 0.2) is 0 Å². The second-order valence-corrected chi connectivity index (χ2v) is 16.0. The molecule has 0 bridgehead atoms. The average Bonchev–Trinajstić information content (AvgIpc) is 3.61. The van der Waals surface area contributed by atoms with Gasteiger partial charge in [-0.3, -0.25) is 0 Å². The van der Waals surface area contributed by atoms with Gasteiger partial charge < -0.3 is 0 Å². The van der Waals surface area contributed by atoms with Crippen molar-refractivity contribution in [3.8, 4) is 22.3 Å². The van der Waals surface area contributed by atoms with Crippen LogP contribution in [-0.2, 0) is 20.8 Å². The van der Waals surface area contributed by atoms with Crippen molar-refractivity contribution in [2.24, 2.45) is 0 Å². The van der Waals surface area contributed by atoms with Crippen molar-refractivity contribution in [3.05, 3.63) is 131 Å². The van der Waals surface area contributed by atoms with Crippen LogP contribution in [-0.4, -0.2) is 9.52 Å². The molecule has 6 rings (SSSR count). The van der Waals surface area contributed by atoms with Crippen LogP contribution in [0.1, 0.15) is 47.6 Å². The average molecular weight is 701 g/mol. The first-order chi connectivity index (χ1) is 20.6. The summed E-state index contributed by atoms with van der Waals surface area (Å²) in [7, 11) is 11.0. The van der Waals surface area contributed by atoms with E-state index in [1.807, 2.05) is 0 Å². The Labute approximate surface area is 280 Å². The maximum absolute atomic E-state index is 4.93. The molecule has 4 heteroatoms. The monoisotopic (exact) mass is 698 g/mol. The number of halogens is 2. The normalized spacial score (nSPS) is 10.3. The van der Waals surface area contributed by atoms with Gasteiger partial charge in [-0.2, -0.15) is 12.1 Å². The Bertz CT molecular complexity index is 1730. The van der Waals surface area contributed by atoms with Crippen molar-refractivity contribution >= 4 is 48.1 Å². The molecule has 0 aliphatic heterocycles. The summed E-state index contributed by atoms with van der Waals surface area (Å²) < 4.78 is 0. The van der Waals surface area contributed by atoms with Crippen LogP contribution >= 0.6 is 17.0 Å². The number of fused-ring (bicyclic) bond motifs is 2. The zero-order chi connectivity index (χ0) is 31.5. The topological polar surface area (TPSA) is 0 Å². The van der Waals surface area contributed by atoms with E-state index in [1.54, 1.807) is 0 Å².